The van der Waals surface area contributed by atoms with Gasteiger partial charge in [-0.1, -0.05) is 50.6 Å². The van der Waals surface area contributed by atoms with Crippen molar-refractivity contribution in [1.82, 2.24) is 5.32 Å². The van der Waals surface area contributed by atoms with Gasteiger partial charge in [0.25, 0.3) is 0 Å². The molecule has 26 heavy (non-hydrogen) atoms. The minimum Gasteiger partial charge on any atom is -0.493 e. The normalized spacial score (nSPS) is 11.3. The van der Waals surface area contributed by atoms with Crippen LogP contribution in [0.5, 0.6) is 17.2 Å². The van der Waals surface area contributed by atoms with Crippen LogP contribution in [0.3, 0.4) is 0 Å². The number of nitrogens with one attached hydrogen (secondary N) is 1. The lowest BCUT2D eigenvalue weighted by Crippen LogP contribution is -2.16. The fourth-order valence-electron chi connectivity index (χ4n) is 2.73. The molecule has 2 rings (SSSR count). The molecule has 4 nitrogen and oxygen atoms in total. The van der Waals surface area contributed by atoms with Crippen LogP contribution in [0.2, 0.25) is 5.02 Å². The van der Waals surface area contributed by atoms with E-state index >= 15 is 0 Å². The number of rotatable bonds is 8. The van der Waals surface area contributed by atoms with E-state index in [9.17, 15) is 0 Å². The molecule has 2 aromatic rings. The highest BCUT2D eigenvalue weighted by molar-refractivity contribution is 6.32. The molecule has 0 fully saturated rings. The summed E-state index contributed by atoms with van der Waals surface area (Å²) < 4.78 is 17.2. The number of para-hydroxylation sites is 1. The molecule has 5 heteroatoms. The zero-order valence-corrected chi connectivity index (χ0v) is 16.9. The lowest BCUT2D eigenvalue weighted by atomic mass is 9.86. The van der Waals surface area contributed by atoms with Crippen molar-refractivity contribution in [3.05, 3.63) is 52.5 Å². The number of halogens is 1. The molecule has 1 N–H and O–H groups in total. The van der Waals surface area contributed by atoms with Gasteiger partial charge in [0.15, 0.2) is 11.5 Å². The summed E-state index contributed by atoms with van der Waals surface area (Å²) in [7, 11) is 3.50. The second kappa shape index (κ2) is 9.15. The van der Waals surface area contributed by atoms with Gasteiger partial charge in [0.05, 0.1) is 12.1 Å². The predicted octanol–water partition coefficient (Wildman–Crippen LogP) is 4.82. The molecule has 0 aliphatic heterocycles. The molecule has 2 aromatic carbocycles. The molecule has 0 heterocycles. The fraction of sp³-hybridized carbons (Fsp3) is 0.429. The van der Waals surface area contributed by atoms with E-state index in [4.69, 9.17) is 25.8 Å². The second-order valence-electron chi connectivity index (χ2n) is 7.08. The Hall–Kier alpha value is -1.91. The van der Waals surface area contributed by atoms with Gasteiger partial charge in [0.2, 0.25) is 0 Å². The molecule has 0 saturated heterocycles. The van der Waals surface area contributed by atoms with E-state index in [0.717, 1.165) is 11.3 Å². The summed E-state index contributed by atoms with van der Waals surface area (Å²) in [5, 5.41) is 3.63. The standard InChI is InChI=1S/C21H28ClNO3/c1-21(2,3)16-8-6-7-9-18(16)25-10-11-26-20-17(22)12-15(14-23-4)13-19(20)24-5/h6-9,12-13,23H,10-11,14H2,1-5H3. The van der Waals surface area contributed by atoms with Gasteiger partial charge in [-0.15, -0.1) is 0 Å². The van der Waals surface area contributed by atoms with E-state index in [1.807, 2.05) is 37.4 Å². The average molecular weight is 378 g/mol. The van der Waals surface area contributed by atoms with Gasteiger partial charge in [-0.3, -0.25) is 0 Å². The van der Waals surface area contributed by atoms with Crippen LogP contribution in [-0.2, 0) is 12.0 Å². The number of benzene rings is 2. The van der Waals surface area contributed by atoms with Crippen LogP contribution in [0.1, 0.15) is 31.9 Å². The summed E-state index contributed by atoms with van der Waals surface area (Å²) in [6.45, 7) is 8.02. The van der Waals surface area contributed by atoms with Crippen molar-refractivity contribution in [2.45, 2.75) is 32.7 Å². The van der Waals surface area contributed by atoms with Gasteiger partial charge in [0, 0.05) is 6.54 Å². The SMILES string of the molecule is CNCc1cc(Cl)c(OCCOc2ccccc2C(C)(C)C)c(OC)c1. The minimum absolute atomic E-state index is 0.0210. The molecule has 0 atom stereocenters. The van der Waals surface area contributed by atoms with Gasteiger partial charge in [0.1, 0.15) is 19.0 Å². The van der Waals surface area contributed by atoms with Crippen LogP contribution in [0.25, 0.3) is 0 Å². The summed E-state index contributed by atoms with van der Waals surface area (Å²) in [6, 6.07) is 11.9. The first-order valence-electron chi connectivity index (χ1n) is 8.73. The van der Waals surface area contributed by atoms with Crippen LogP contribution in [0.4, 0.5) is 0 Å². The zero-order valence-electron chi connectivity index (χ0n) is 16.2. The first-order chi connectivity index (χ1) is 12.4. The van der Waals surface area contributed by atoms with Crippen molar-refractivity contribution >= 4 is 11.6 Å². The number of hydrogen-bond acceptors (Lipinski definition) is 4. The summed E-state index contributed by atoms with van der Waals surface area (Å²) >= 11 is 6.36. The van der Waals surface area contributed by atoms with Crippen molar-refractivity contribution in [2.24, 2.45) is 0 Å². The van der Waals surface area contributed by atoms with Crippen molar-refractivity contribution in [3.8, 4) is 17.2 Å². The number of hydrogen-bond donors (Lipinski definition) is 1. The van der Waals surface area contributed by atoms with Crippen molar-refractivity contribution < 1.29 is 14.2 Å². The number of ether oxygens (including phenoxy) is 3. The van der Waals surface area contributed by atoms with E-state index in [2.05, 4.69) is 32.2 Å². The van der Waals surface area contributed by atoms with Gasteiger partial charge >= 0.3 is 0 Å². The van der Waals surface area contributed by atoms with Crippen LogP contribution in [0.15, 0.2) is 36.4 Å². The Balaban J connectivity index is 2.01. The first kappa shape index (κ1) is 20.4. The zero-order chi connectivity index (χ0) is 19.2. The minimum atomic E-state index is 0.0210. The Bertz CT molecular complexity index is 726. The molecule has 0 aliphatic carbocycles. The van der Waals surface area contributed by atoms with Crippen LogP contribution < -0.4 is 19.5 Å². The Morgan fingerprint density at radius 2 is 1.69 bits per heavy atom. The molecule has 0 radical (unpaired) electrons. The van der Waals surface area contributed by atoms with E-state index in [-0.39, 0.29) is 5.41 Å². The Kier molecular flexibility index (Phi) is 7.18. The smallest absolute Gasteiger partial charge is 0.179 e. The lowest BCUT2D eigenvalue weighted by Gasteiger charge is -2.22. The third-order valence-electron chi connectivity index (χ3n) is 3.95. The number of methoxy groups -OCH3 is 1. The van der Waals surface area contributed by atoms with E-state index < -0.39 is 0 Å². The molecule has 0 spiro atoms. The highest BCUT2D eigenvalue weighted by Crippen LogP contribution is 2.36. The molecule has 0 aliphatic rings. The average Bonchev–Trinajstić information content (AvgIpc) is 2.59. The topological polar surface area (TPSA) is 39.7 Å². The summed E-state index contributed by atoms with van der Waals surface area (Å²) in [4.78, 5) is 0. The molecule has 0 saturated carbocycles. The van der Waals surface area contributed by atoms with Crippen LogP contribution in [0, 0.1) is 0 Å². The molecule has 0 aromatic heterocycles. The van der Waals surface area contributed by atoms with Crippen LogP contribution >= 0.6 is 11.6 Å². The van der Waals surface area contributed by atoms with Gasteiger partial charge in [-0.25, -0.2) is 0 Å². The Labute approximate surface area is 161 Å². The maximum absolute atomic E-state index is 6.36. The van der Waals surface area contributed by atoms with E-state index in [0.29, 0.717) is 36.3 Å². The summed E-state index contributed by atoms with van der Waals surface area (Å²) in [5.74, 6) is 2.05. The first-order valence-corrected chi connectivity index (χ1v) is 9.10. The fourth-order valence-corrected chi connectivity index (χ4v) is 3.01. The summed E-state index contributed by atoms with van der Waals surface area (Å²) in [5.41, 5.74) is 2.23. The third-order valence-corrected chi connectivity index (χ3v) is 4.23. The maximum atomic E-state index is 6.36. The Morgan fingerprint density at radius 3 is 2.35 bits per heavy atom. The Morgan fingerprint density at radius 1 is 1.00 bits per heavy atom. The van der Waals surface area contributed by atoms with Crippen LogP contribution in [-0.4, -0.2) is 27.4 Å². The maximum Gasteiger partial charge on any atom is 0.179 e. The van der Waals surface area contributed by atoms with Crippen molar-refractivity contribution in [2.75, 3.05) is 27.4 Å². The van der Waals surface area contributed by atoms with E-state index in [1.165, 1.54) is 5.56 Å². The predicted molar refractivity (Wildman–Crippen MR) is 107 cm³/mol. The highest BCUT2D eigenvalue weighted by Gasteiger charge is 2.18. The van der Waals surface area contributed by atoms with Crippen molar-refractivity contribution in [3.63, 3.8) is 0 Å². The molecule has 142 valence electrons. The quantitative estimate of drug-likeness (QED) is 0.669. The molecule has 0 bridgehead atoms. The molecule has 0 unspecified atom stereocenters. The summed E-state index contributed by atoms with van der Waals surface area (Å²) in [6.07, 6.45) is 0. The molecular formula is C21H28ClNO3. The third kappa shape index (κ3) is 5.29. The van der Waals surface area contributed by atoms with Gasteiger partial charge < -0.3 is 19.5 Å². The van der Waals surface area contributed by atoms with Gasteiger partial charge in [-0.05, 0) is 41.8 Å². The van der Waals surface area contributed by atoms with Crippen molar-refractivity contribution in [1.29, 1.82) is 0 Å². The second-order valence-corrected chi connectivity index (χ2v) is 7.49. The monoisotopic (exact) mass is 377 g/mol. The largest absolute Gasteiger partial charge is 0.493 e. The highest BCUT2D eigenvalue weighted by atomic mass is 35.5. The van der Waals surface area contributed by atoms with Gasteiger partial charge in [-0.2, -0.15) is 0 Å². The molecule has 0 amide bonds. The molecular weight excluding hydrogens is 350 g/mol. The van der Waals surface area contributed by atoms with E-state index in [1.54, 1.807) is 7.11 Å². The lowest BCUT2D eigenvalue weighted by molar-refractivity contribution is 0.209.